The fraction of sp³-hybridized carbons (Fsp3) is 0. The number of ketones is 1. The first-order valence-corrected chi connectivity index (χ1v) is 6.40. The molecule has 4 nitrogen and oxygen atoms in total. The van der Waals surface area contributed by atoms with Crippen molar-refractivity contribution in [2.24, 2.45) is 0 Å². The molecule has 1 heterocycles. The quantitative estimate of drug-likeness (QED) is 0.694. The summed E-state index contributed by atoms with van der Waals surface area (Å²) < 4.78 is 0. The van der Waals surface area contributed by atoms with Crippen molar-refractivity contribution in [1.82, 2.24) is 15.0 Å². The van der Waals surface area contributed by atoms with Crippen LogP contribution in [0.4, 0.5) is 0 Å². The number of rotatable bonds is 3. The van der Waals surface area contributed by atoms with Gasteiger partial charge in [-0.2, -0.15) is 9.90 Å². The first-order valence-electron chi connectivity index (χ1n) is 6.02. The molecule has 0 bridgehead atoms. The summed E-state index contributed by atoms with van der Waals surface area (Å²) in [5.41, 5.74) is 1.65. The zero-order chi connectivity index (χ0) is 13.9. The number of hydrogen-bond acceptors (Lipinski definition) is 3. The smallest absolute Gasteiger partial charge is 0.214 e. The van der Waals surface area contributed by atoms with Gasteiger partial charge < -0.3 is 0 Å². The third-order valence-corrected chi connectivity index (χ3v) is 3.07. The zero-order valence-electron chi connectivity index (χ0n) is 10.4. The SMILES string of the molecule is O=C(c1ccc(Cl)cc1)c1cnn(-c2ccccc2)n1. The van der Waals surface area contributed by atoms with E-state index in [0.29, 0.717) is 16.3 Å². The van der Waals surface area contributed by atoms with Crippen LogP contribution in [-0.2, 0) is 0 Å². The molecule has 0 amide bonds. The lowest BCUT2D eigenvalue weighted by Gasteiger charge is -1.98. The molecule has 0 fully saturated rings. The van der Waals surface area contributed by atoms with Crippen LogP contribution in [0, 0.1) is 0 Å². The first kappa shape index (κ1) is 12.6. The molecule has 0 aliphatic rings. The molecule has 0 atom stereocenters. The number of carbonyl (C=O) groups excluding carboxylic acids is 1. The minimum absolute atomic E-state index is 0.177. The molecular formula is C15H10ClN3O. The Balaban J connectivity index is 1.90. The van der Waals surface area contributed by atoms with E-state index in [1.165, 1.54) is 11.0 Å². The van der Waals surface area contributed by atoms with Crippen LogP contribution in [-0.4, -0.2) is 20.8 Å². The third kappa shape index (κ3) is 2.46. The summed E-state index contributed by atoms with van der Waals surface area (Å²) in [6, 6.07) is 16.1. The average molecular weight is 284 g/mol. The molecule has 0 spiro atoms. The molecule has 3 rings (SSSR count). The Kier molecular flexibility index (Phi) is 3.31. The van der Waals surface area contributed by atoms with Crippen LogP contribution in [0.15, 0.2) is 60.8 Å². The van der Waals surface area contributed by atoms with Crippen LogP contribution in [0.1, 0.15) is 16.1 Å². The van der Waals surface area contributed by atoms with Gasteiger partial charge in [0, 0.05) is 10.6 Å². The van der Waals surface area contributed by atoms with Gasteiger partial charge in [-0.05, 0) is 36.4 Å². The molecule has 98 valence electrons. The Bertz CT molecular complexity index is 735. The van der Waals surface area contributed by atoms with Gasteiger partial charge in [-0.15, -0.1) is 5.10 Å². The lowest BCUT2D eigenvalue weighted by molar-refractivity contribution is 0.103. The Morgan fingerprint density at radius 3 is 2.40 bits per heavy atom. The molecule has 0 N–H and O–H groups in total. The van der Waals surface area contributed by atoms with Crippen LogP contribution in [0.3, 0.4) is 0 Å². The Labute approximate surface area is 120 Å². The maximum absolute atomic E-state index is 12.2. The fourth-order valence-electron chi connectivity index (χ4n) is 1.80. The van der Waals surface area contributed by atoms with E-state index in [1.54, 1.807) is 24.3 Å². The van der Waals surface area contributed by atoms with Crippen LogP contribution in [0.25, 0.3) is 5.69 Å². The summed E-state index contributed by atoms with van der Waals surface area (Å²) in [4.78, 5) is 13.7. The second-order valence-corrected chi connectivity index (χ2v) is 4.63. The topological polar surface area (TPSA) is 47.8 Å². The highest BCUT2D eigenvalue weighted by molar-refractivity contribution is 6.30. The van der Waals surface area contributed by atoms with Crippen molar-refractivity contribution in [2.45, 2.75) is 0 Å². The highest BCUT2D eigenvalue weighted by Crippen LogP contribution is 2.13. The van der Waals surface area contributed by atoms with E-state index in [2.05, 4.69) is 10.2 Å². The van der Waals surface area contributed by atoms with Crippen molar-refractivity contribution < 1.29 is 4.79 Å². The molecule has 0 aliphatic heterocycles. The molecule has 2 aromatic carbocycles. The summed E-state index contributed by atoms with van der Waals surface area (Å²) in [7, 11) is 0. The molecule has 0 saturated heterocycles. The van der Waals surface area contributed by atoms with Crippen molar-refractivity contribution in [3.8, 4) is 5.69 Å². The van der Waals surface area contributed by atoms with Gasteiger partial charge >= 0.3 is 0 Å². The van der Waals surface area contributed by atoms with E-state index in [1.807, 2.05) is 30.3 Å². The van der Waals surface area contributed by atoms with Crippen molar-refractivity contribution in [1.29, 1.82) is 0 Å². The Morgan fingerprint density at radius 1 is 1.00 bits per heavy atom. The first-order chi connectivity index (χ1) is 9.74. The molecule has 0 unspecified atom stereocenters. The van der Waals surface area contributed by atoms with E-state index in [9.17, 15) is 4.79 Å². The largest absolute Gasteiger partial charge is 0.287 e. The molecule has 20 heavy (non-hydrogen) atoms. The van der Waals surface area contributed by atoms with E-state index >= 15 is 0 Å². The minimum Gasteiger partial charge on any atom is -0.287 e. The number of nitrogens with zero attached hydrogens (tertiary/aromatic N) is 3. The van der Waals surface area contributed by atoms with Gasteiger partial charge in [-0.25, -0.2) is 0 Å². The maximum atomic E-state index is 12.2. The lowest BCUT2D eigenvalue weighted by Crippen LogP contribution is -2.04. The van der Waals surface area contributed by atoms with Gasteiger partial charge in [-0.3, -0.25) is 4.79 Å². The second kappa shape index (κ2) is 5.27. The van der Waals surface area contributed by atoms with Gasteiger partial charge in [0.15, 0.2) is 5.69 Å². The average Bonchev–Trinajstić information content (AvgIpc) is 2.98. The highest BCUT2D eigenvalue weighted by Gasteiger charge is 2.13. The fourth-order valence-corrected chi connectivity index (χ4v) is 1.93. The summed E-state index contributed by atoms with van der Waals surface area (Å²) >= 11 is 5.80. The van der Waals surface area contributed by atoms with E-state index < -0.39 is 0 Å². The van der Waals surface area contributed by atoms with Gasteiger partial charge in [0.05, 0.1) is 11.9 Å². The molecule has 0 radical (unpaired) electrons. The second-order valence-electron chi connectivity index (χ2n) is 4.19. The predicted octanol–water partition coefficient (Wildman–Crippen LogP) is 3.15. The predicted molar refractivity (Wildman–Crippen MR) is 76.2 cm³/mol. The van der Waals surface area contributed by atoms with Crippen molar-refractivity contribution >= 4 is 17.4 Å². The molecule has 0 saturated carbocycles. The monoisotopic (exact) mass is 283 g/mol. The number of halogens is 1. The Morgan fingerprint density at radius 2 is 1.70 bits per heavy atom. The van der Waals surface area contributed by atoms with Crippen molar-refractivity contribution in [2.75, 3.05) is 0 Å². The van der Waals surface area contributed by atoms with Crippen LogP contribution >= 0.6 is 11.6 Å². The molecule has 5 heteroatoms. The number of carbonyl (C=O) groups is 1. The van der Waals surface area contributed by atoms with Crippen molar-refractivity contribution in [3.63, 3.8) is 0 Å². The summed E-state index contributed by atoms with van der Waals surface area (Å²) in [6.45, 7) is 0. The van der Waals surface area contributed by atoms with Gasteiger partial charge in [0.1, 0.15) is 0 Å². The Hall–Kier alpha value is -2.46. The highest BCUT2D eigenvalue weighted by atomic mass is 35.5. The number of hydrogen-bond donors (Lipinski definition) is 0. The van der Waals surface area contributed by atoms with Gasteiger partial charge in [0.2, 0.25) is 5.78 Å². The van der Waals surface area contributed by atoms with Crippen LogP contribution < -0.4 is 0 Å². The van der Waals surface area contributed by atoms with E-state index in [0.717, 1.165) is 5.69 Å². The summed E-state index contributed by atoms with van der Waals surface area (Å²) in [5, 5.41) is 8.90. The van der Waals surface area contributed by atoms with E-state index in [4.69, 9.17) is 11.6 Å². The van der Waals surface area contributed by atoms with Gasteiger partial charge in [0.25, 0.3) is 0 Å². The lowest BCUT2D eigenvalue weighted by atomic mass is 10.1. The van der Waals surface area contributed by atoms with Crippen LogP contribution in [0.2, 0.25) is 5.02 Å². The summed E-state index contributed by atoms with van der Waals surface area (Å²) in [5.74, 6) is -0.177. The molecule has 1 aromatic heterocycles. The molecule has 0 aliphatic carbocycles. The number of aromatic nitrogens is 3. The maximum Gasteiger partial charge on any atom is 0.214 e. The molecule has 3 aromatic rings. The van der Waals surface area contributed by atoms with E-state index in [-0.39, 0.29) is 5.78 Å². The normalized spacial score (nSPS) is 10.4. The third-order valence-electron chi connectivity index (χ3n) is 2.82. The number of para-hydroxylation sites is 1. The van der Waals surface area contributed by atoms with Crippen molar-refractivity contribution in [3.05, 3.63) is 77.1 Å². The standard InChI is InChI=1S/C15H10ClN3O/c16-12-8-6-11(7-9-12)15(20)14-10-17-19(18-14)13-4-2-1-3-5-13/h1-10H. The number of benzene rings is 2. The molecular weight excluding hydrogens is 274 g/mol. The van der Waals surface area contributed by atoms with Crippen LogP contribution in [0.5, 0.6) is 0 Å². The summed E-state index contributed by atoms with van der Waals surface area (Å²) in [6.07, 6.45) is 1.46. The minimum atomic E-state index is -0.177. The zero-order valence-corrected chi connectivity index (χ0v) is 11.2. The van der Waals surface area contributed by atoms with Gasteiger partial charge in [-0.1, -0.05) is 29.8 Å².